The molecule has 0 unspecified atom stereocenters. The van der Waals surface area contributed by atoms with Crippen LogP contribution in [0.25, 0.3) is 0 Å². The first-order chi connectivity index (χ1) is 8.79. The zero-order valence-electron chi connectivity index (χ0n) is 10.7. The Bertz CT molecular complexity index is 362. The van der Waals surface area contributed by atoms with Gasteiger partial charge in [-0.3, -0.25) is 3.53 Å². The lowest BCUT2D eigenvalue weighted by atomic mass is 9.82. The van der Waals surface area contributed by atoms with Gasteiger partial charge in [-0.05, 0) is 49.7 Å². The van der Waals surface area contributed by atoms with Crippen molar-refractivity contribution in [3.8, 4) is 0 Å². The Labute approximate surface area is 123 Å². The molecule has 1 aromatic carbocycles. The zero-order chi connectivity index (χ0) is 12.8. The van der Waals surface area contributed by atoms with Crippen LogP contribution >= 0.6 is 22.9 Å². The molecule has 0 spiro atoms. The van der Waals surface area contributed by atoms with E-state index in [9.17, 15) is 0 Å². The highest BCUT2D eigenvalue weighted by Crippen LogP contribution is 2.29. The number of halogens is 1. The van der Waals surface area contributed by atoms with E-state index in [4.69, 9.17) is 5.73 Å². The number of rotatable bonds is 5. The lowest BCUT2D eigenvalue weighted by Crippen LogP contribution is -2.25. The molecule has 1 fully saturated rings. The van der Waals surface area contributed by atoms with Gasteiger partial charge in [-0.1, -0.05) is 12.1 Å². The molecule has 1 aliphatic carbocycles. The van der Waals surface area contributed by atoms with Gasteiger partial charge in [0, 0.05) is 36.0 Å². The van der Waals surface area contributed by atoms with E-state index in [0.29, 0.717) is 0 Å². The van der Waals surface area contributed by atoms with Gasteiger partial charge in [0.05, 0.1) is 11.4 Å². The molecule has 2 rings (SSSR count). The van der Waals surface area contributed by atoms with Crippen molar-refractivity contribution in [2.75, 3.05) is 24.1 Å². The van der Waals surface area contributed by atoms with Crippen molar-refractivity contribution in [3.05, 3.63) is 24.3 Å². The third-order valence-corrected chi connectivity index (χ3v) is 4.31. The van der Waals surface area contributed by atoms with Crippen LogP contribution in [-0.4, -0.2) is 13.1 Å². The van der Waals surface area contributed by atoms with Crippen LogP contribution in [0.2, 0.25) is 0 Å². The molecule has 100 valence electrons. The predicted octanol–water partition coefficient (Wildman–Crippen LogP) is 3.43. The number of para-hydroxylation sites is 2. The maximum atomic E-state index is 5.93. The van der Waals surface area contributed by atoms with Crippen molar-refractivity contribution in [1.82, 2.24) is 3.53 Å². The summed E-state index contributed by atoms with van der Waals surface area (Å²) in [5.74, 6) is 1.68. The summed E-state index contributed by atoms with van der Waals surface area (Å²) in [5.41, 5.74) is 7.85. The quantitative estimate of drug-likeness (QED) is 0.429. The van der Waals surface area contributed by atoms with E-state index < -0.39 is 0 Å². The Morgan fingerprint density at radius 2 is 1.67 bits per heavy atom. The second kappa shape index (κ2) is 7.19. The van der Waals surface area contributed by atoms with Crippen molar-refractivity contribution < 1.29 is 0 Å². The van der Waals surface area contributed by atoms with E-state index >= 15 is 0 Å². The maximum Gasteiger partial charge on any atom is 0.0573 e. The highest BCUT2D eigenvalue weighted by molar-refractivity contribution is 14.1. The Morgan fingerprint density at radius 3 is 2.28 bits per heavy atom. The first-order valence-electron chi connectivity index (χ1n) is 6.71. The van der Waals surface area contributed by atoms with Crippen LogP contribution in [0.15, 0.2) is 24.3 Å². The van der Waals surface area contributed by atoms with Crippen LogP contribution < -0.4 is 14.6 Å². The second-order valence-electron chi connectivity index (χ2n) is 5.19. The fourth-order valence-electron chi connectivity index (χ4n) is 2.66. The number of anilines is 2. The number of benzene rings is 1. The van der Waals surface area contributed by atoms with Gasteiger partial charge in [0.1, 0.15) is 0 Å². The van der Waals surface area contributed by atoms with Crippen molar-refractivity contribution in [1.29, 1.82) is 0 Å². The number of nitrogens with two attached hydrogens (primary N) is 1. The second-order valence-corrected chi connectivity index (χ2v) is 5.96. The van der Waals surface area contributed by atoms with Crippen molar-refractivity contribution in [2.24, 2.45) is 11.8 Å². The van der Waals surface area contributed by atoms with Gasteiger partial charge >= 0.3 is 0 Å². The third kappa shape index (κ3) is 4.02. The van der Waals surface area contributed by atoms with E-state index in [1.165, 1.54) is 25.7 Å². The van der Waals surface area contributed by atoms with E-state index in [2.05, 4.69) is 37.8 Å². The van der Waals surface area contributed by atoms with Gasteiger partial charge in [-0.2, -0.15) is 0 Å². The average Bonchev–Trinajstić information content (AvgIpc) is 2.40. The van der Waals surface area contributed by atoms with Gasteiger partial charge in [-0.15, -0.1) is 0 Å². The fourth-order valence-corrected chi connectivity index (χ4v) is 3.28. The summed E-state index contributed by atoms with van der Waals surface area (Å²) in [6.07, 6.45) is 5.38. The fraction of sp³-hybridized carbons (Fsp3) is 0.571. The molecule has 0 atom stereocenters. The molecule has 0 heterocycles. The lowest BCUT2D eigenvalue weighted by molar-refractivity contribution is 0.287. The zero-order valence-corrected chi connectivity index (χ0v) is 12.8. The molecule has 4 N–H and O–H groups in total. The standard InChI is InChI=1S/C14H22IN3/c15-18-10-12-7-5-11(6-8-12)9-17-14-4-2-1-3-13(14)16/h1-4,11-12,17-18H,5-10,16H2. The summed E-state index contributed by atoms with van der Waals surface area (Å²) in [6, 6.07) is 8.01. The van der Waals surface area contributed by atoms with Gasteiger partial charge in [0.15, 0.2) is 0 Å². The molecule has 0 saturated heterocycles. The average molecular weight is 359 g/mol. The summed E-state index contributed by atoms with van der Waals surface area (Å²) >= 11 is 2.25. The molecule has 0 aromatic heterocycles. The molecule has 0 bridgehead atoms. The highest BCUT2D eigenvalue weighted by Gasteiger charge is 2.20. The molecule has 18 heavy (non-hydrogen) atoms. The topological polar surface area (TPSA) is 50.1 Å². The largest absolute Gasteiger partial charge is 0.397 e. The number of nitrogen functional groups attached to an aromatic ring is 1. The number of nitrogens with one attached hydrogen (secondary N) is 2. The minimum atomic E-state index is 0.801. The van der Waals surface area contributed by atoms with Crippen molar-refractivity contribution in [2.45, 2.75) is 25.7 Å². The maximum absolute atomic E-state index is 5.93. The molecule has 1 aromatic rings. The molecular weight excluding hydrogens is 337 g/mol. The summed E-state index contributed by atoms with van der Waals surface area (Å²) in [4.78, 5) is 0. The van der Waals surface area contributed by atoms with Gasteiger partial charge in [0.25, 0.3) is 0 Å². The summed E-state index contributed by atoms with van der Waals surface area (Å²) in [7, 11) is 0. The molecule has 0 radical (unpaired) electrons. The van der Waals surface area contributed by atoms with Crippen LogP contribution in [0.4, 0.5) is 11.4 Å². The molecule has 1 aliphatic rings. The summed E-state index contributed by atoms with van der Waals surface area (Å²) < 4.78 is 3.26. The monoisotopic (exact) mass is 359 g/mol. The molecular formula is C14H22IN3. The summed E-state index contributed by atoms with van der Waals surface area (Å²) in [5, 5.41) is 3.49. The molecule has 0 amide bonds. The smallest absolute Gasteiger partial charge is 0.0573 e. The highest BCUT2D eigenvalue weighted by atomic mass is 127. The van der Waals surface area contributed by atoms with Gasteiger partial charge in [0.2, 0.25) is 0 Å². The van der Waals surface area contributed by atoms with E-state index in [0.717, 1.165) is 36.3 Å². The first kappa shape index (κ1) is 13.9. The number of hydrogen-bond donors (Lipinski definition) is 3. The molecule has 0 aliphatic heterocycles. The van der Waals surface area contributed by atoms with E-state index in [1.807, 2.05) is 18.2 Å². The third-order valence-electron chi connectivity index (χ3n) is 3.87. The minimum absolute atomic E-state index is 0.801. The predicted molar refractivity (Wildman–Crippen MR) is 86.8 cm³/mol. The lowest BCUT2D eigenvalue weighted by Gasteiger charge is -2.28. The van der Waals surface area contributed by atoms with Crippen LogP contribution in [0, 0.1) is 11.8 Å². The van der Waals surface area contributed by atoms with Crippen LogP contribution in [0.5, 0.6) is 0 Å². The molecule has 3 nitrogen and oxygen atoms in total. The first-order valence-corrected chi connectivity index (χ1v) is 7.79. The van der Waals surface area contributed by atoms with Crippen molar-refractivity contribution >= 4 is 34.2 Å². The number of hydrogen-bond acceptors (Lipinski definition) is 3. The van der Waals surface area contributed by atoms with Crippen molar-refractivity contribution in [3.63, 3.8) is 0 Å². The Balaban J connectivity index is 1.74. The van der Waals surface area contributed by atoms with Crippen LogP contribution in [0.1, 0.15) is 25.7 Å². The van der Waals surface area contributed by atoms with Crippen LogP contribution in [-0.2, 0) is 0 Å². The molecule has 1 saturated carbocycles. The Kier molecular flexibility index (Phi) is 5.56. The van der Waals surface area contributed by atoms with Crippen LogP contribution in [0.3, 0.4) is 0 Å². The van der Waals surface area contributed by atoms with Gasteiger partial charge < -0.3 is 11.1 Å². The van der Waals surface area contributed by atoms with Gasteiger partial charge in [-0.25, -0.2) is 0 Å². The van der Waals surface area contributed by atoms with E-state index in [-0.39, 0.29) is 0 Å². The normalized spacial score (nSPS) is 23.8. The Hall–Kier alpha value is -0.490. The molecule has 4 heteroatoms. The SMILES string of the molecule is Nc1ccccc1NCC1CCC(CNI)CC1. The Morgan fingerprint density at radius 1 is 1.06 bits per heavy atom. The summed E-state index contributed by atoms with van der Waals surface area (Å²) in [6.45, 7) is 2.21. The minimum Gasteiger partial charge on any atom is -0.397 e. The van der Waals surface area contributed by atoms with E-state index in [1.54, 1.807) is 0 Å².